The Morgan fingerprint density at radius 3 is 2.73 bits per heavy atom. The molecule has 0 aromatic carbocycles. The molecule has 140 valence electrons. The predicted octanol–water partition coefficient (Wildman–Crippen LogP) is 3.20. The maximum absolute atomic E-state index is 4.61. The standard InChI is InChI=1S/C17H25N7.C2H4/c1-18-17(6-7-17)8-10-24(2)16-19-9-5-14(21-16)20-15-11-13(22-23-15)12-3-4-12;1-2/h5,9,11-12,18H,3-4,6-8,10H2,1-2H3,(H2,19,20,21,22,23);1-2H2. The van der Waals surface area contributed by atoms with Crippen molar-refractivity contribution >= 4 is 17.6 Å². The monoisotopic (exact) mass is 355 g/mol. The summed E-state index contributed by atoms with van der Waals surface area (Å²) >= 11 is 0. The van der Waals surface area contributed by atoms with Crippen LogP contribution in [-0.2, 0) is 0 Å². The minimum atomic E-state index is 0.346. The van der Waals surface area contributed by atoms with Crippen molar-refractivity contribution in [2.24, 2.45) is 0 Å². The molecule has 26 heavy (non-hydrogen) atoms. The van der Waals surface area contributed by atoms with Crippen LogP contribution in [0.15, 0.2) is 31.5 Å². The van der Waals surface area contributed by atoms with Gasteiger partial charge in [-0.3, -0.25) is 5.10 Å². The van der Waals surface area contributed by atoms with Gasteiger partial charge in [0, 0.05) is 43.0 Å². The summed E-state index contributed by atoms with van der Waals surface area (Å²) in [6, 6.07) is 3.95. The number of hydrogen-bond acceptors (Lipinski definition) is 6. The van der Waals surface area contributed by atoms with Gasteiger partial charge in [0.05, 0.1) is 0 Å². The lowest BCUT2D eigenvalue weighted by atomic mass is 10.2. The van der Waals surface area contributed by atoms with Gasteiger partial charge in [-0.2, -0.15) is 10.1 Å². The van der Waals surface area contributed by atoms with Gasteiger partial charge in [0.2, 0.25) is 5.95 Å². The average molecular weight is 355 g/mol. The van der Waals surface area contributed by atoms with E-state index in [1.165, 1.54) is 31.4 Å². The van der Waals surface area contributed by atoms with E-state index in [4.69, 9.17) is 0 Å². The number of aromatic amines is 1. The zero-order chi connectivity index (χ0) is 18.6. The first-order valence-electron chi connectivity index (χ1n) is 9.23. The predicted molar refractivity (Wildman–Crippen MR) is 106 cm³/mol. The number of aromatic nitrogens is 4. The van der Waals surface area contributed by atoms with E-state index in [0.717, 1.165) is 30.5 Å². The molecule has 0 amide bonds. The van der Waals surface area contributed by atoms with Gasteiger partial charge in [-0.05, 0) is 45.2 Å². The summed E-state index contributed by atoms with van der Waals surface area (Å²) in [4.78, 5) is 11.1. The molecule has 7 heteroatoms. The lowest BCUT2D eigenvalue weighted by molar-refractivity contribution is 0.509. The van der Waals surface area contributed by atoms with E-state index in [2.05, 4.69) is 54.9 Å². The van der Waals surface area contributed by atoms with E-state index >= 15 is 0 Å². The van der Waals surface area contributed by atoms with Gasteiger partial charge >= 0.3 is 0 Å². The van der Waals surface area contributed by atoms with Crippen molar-refractivity contribution in [1.82, 2.24) is 25.5 Å². The van der Waals surface area contributed by atoms with Gasteiger partial charge in [-0.25, -0.2) is 4.98 Å². The van der Waals surface area contributed by atoms with Crippen LogP contribution < -0.4 is 15.5 Å². The molecular weight excluding hydrogens is 326 g/mol. The molecule has 4 rings (SSSR count). The second-order valence-electron chi connectivity index (χ2n) is 7.05. The maximum Gasteiger partial charge on any atom is 0.227 e. The Labute approximate surface area is 155 Å². The molecule has 0 spiro atoms. The number of anilines is 3. The van der Waals surface area contributed by atoms with Crippen LogP contribution in [0.2, 0.25) is 0 Å². The molecule has 0 unspecified atom stereocenters. The molecule has 7 nitrogen and oxygen atoms in total. The van der Waals surface area contributed by atoms with Gasteiger partial charge in [0.1, 0.15) is 5.82 Å². The Bertz CT molecular complexity index is 718. The molecule has 0 radical (unpaired) electrons. The minimum absolute atomic E-state index is 0.346. The first-order valence-corrected chi connectivity index (χ1v) is 9.23. The summed E-state index contributed by atoms with van der Waals surface area (Å²) in [5, 5.41) is 14.1. The lowest BCUT2D eigenvalue weighted by Gasteiger charge is -2.21. The van der Waals surface area contributed by atoms with Crippen molar-refractivity contribution in [3.8, 4) is 0 Å². The molecular formula is C19H29N7. The third kappa shape index (κ3) is 4.40. The smallest absolute Gasteiger partial charge is 0.227 e. The van der Waals surface area contributed by atoms with Crippen molar-refractivity contribution in [2.45, 2.75) is 43.6 Å². The number of rotatable bonds is 8. The first-order chi connectivity index (χ1) is 12.7. The van der Waals surface area contributed by atoms with Crippen LogP contribution in [0.5, 0.6) is 0 Å². The Balaban J connectivity index is 0.000000948. The summed E-state index contributed by atoms with van der Waals surface area (Å²) in [6.45, 7) is 6.94. The minimum Gasteiger partial charge on any atom is -0.344 e. The fourth-order valence-electron chi connectivity index (χ4n) is 2.99. The molecule has 2 aliphatic rings. The van der Waals surface area contributed by atoms with Crippen molar-refractivity contribution in [1.29, 1.82) is 0 Å². The Morgan fingerprint density at radius 2 is 2.08 bits per heavy atom. The maximum atomic E-state index is 4.61. The summed E-state index contributed by atoms with van der Waals surface area (Å²) in [6.07, 6.45) is 7.96. The van der Waals surface area contributed by atoms with E-state index in [-0.39, 0.29) is 0 Å². The number of nitrogens with zero attached hydrogens (tertiary/aromatic N) is 4. The fraction of sp³-hybridized carbons (Fsp3) is 0.526. The Kier molecular flexibility index (Phi) is 5.56. The van der Waals surface area contributed by atoms with Gasteiger partial charge in [0.15, 0.2) is 5.82 Å². The van der Waals surface area contributed by atoms with E-state index < -0.39 is 0 Å². The van der Waals surface area contributed by atoms with Crippen molar-refractivity contribution in [3.05, 3.63) is 37.2 Å². The molecule has 2 heterocycles. The molecule has 0 atom stereocenters. The third-order valence-corrected chi connectivity index (χ3v) is 5.16. The molecule has 2 fully saturated rings. The number of hydrogen-bond donors (Lipinski definition) is 3. The first kappa shape index (κ1) is 18.4. The Hall–Kier alpha value is -2.41. The SMILES string of the molecule is C=C.CNC1(CCN(C)c2nccc(Nc3cc(C4CC4)[nH]n3)n2)CC1. The lowest BCUT2D eigenvalue weighted by Crippen LogP contribution is -2.33. The van der Waals surface area contributed by atoms with E-state index in [1.807, 2.05) is 20.2 Å². The Morgan fingerprint density at radius 1 is 1.31 bits per heavy atom. The van der Waals surface area contributed by atoms with Crippen LogP contribution in [-0.4, -0.2) is 46.3 Å². The van der Waals surface area contributed by atoms with Crippen LogP contribution in [0.3, 0.4) is 0 Å². The molecule has 0 aliphatic heterocycles. The highest BCUT2D eigenvalue weighted by Gasteiger charge is 2.40. The molecule has 2 aromatic rings. The summed E-state index contributed by atoms with van der Waals surface area (Å²) < 4.78 is 0. The quantitative estimate of drug-likeness (QED) is 0.631. The normalized spacial score (nSPS) is 17.2. The highest BCUT2D eigenvalue weighted by molar-refractivity contribution is 5.53. The second-order valence-corrected chi connectivity index (χ2v) is 7.05. The van der Waals surface area contributed by atoms with Crippen LogP contribution in [0.25, 0.3) is 0 Å². The second kappa shape index (κ2) is 7.86. The van der Waals surface area contributed by atoms with Crippen LogP contribution >= 0.6 is 0 Å². The van der Waals surface area contributed by atoms with Gasteiger partial charge < -0.3 is 15.5 Å². The third-order valence-electron chi connectivity index (χ3n) is 5.16. The molecule has 0 bridgehead atoms. The summed E-state index contributed by atoms with van der Waals surface area (Å²) in [5.41, 5.74) is 1.56. The molecule has 2 saturated carbocycles. The largest absolute Gasteiger partial charge is 0.344 e. The zero-order valence-corrected chi connectivity index (χ0v) is 15.8. The fourth-order valence-corrected chi connectivity index (χ4v) is 2.99. The highest BCUT2D eigenvalue weighted by atomic mass is 15.3. The van der Waals surface area contributed by atoms with Gasteiger partial charge in [-0.15, -0.1) is 13.2 Å². The summed E-state index contributed by atoms with van der Waals surface area (Å²) in [5.74, 6) is 3.00. The van der Waals surface area contributed by atoms with Crippen LogP contribution in [0, 0.1) is 0 Å². The number of nitrogens with one attached hydrogen (secondary N) is 3. The summed E-state index contributed by atoms with van der Waals surface area (Å²) in [7, 11) is 4.10. The van der Waals surface area contributed by atoms with E-state index in [1.54, 1.807) is 6.20 Å². The van der Waals surface area contributed by atoms with Gasteiger partial charge in [0.25, 0.3) is 0 Å². The zero-order valence-electron chi connectivity index (χ0n) is 15.8. The highest BCUT2D eigenvalue weighted by Crippen LogP contribution is 2.40. The molecule has 3 N–H and O–H groups in total. The van der Waals surface area contributed by atoms with Crippen molar-refractivity contribution in [3.63, 3.8) is 0 Å². The topological polar surface area (TPSA) is 81.8 Å². The average Bonchev–Trinajstić information content (AvgIpc) is 3.61. The van der Waals surface area contributed by atoms with Crippen LogP contribution in [0.4, 0.5) is 17.6 Å². The van der Waals surface area contributed by atoms with Crippen LogP contribution in [0.1, 0.15) is 43.7 Å². The molecule has 0 saturated heterocycles. The van der Waals surface area contributed by atoms with E-state index in [0.29, 0.717) is 11.5 Å². The van der Waals surface area contributed by atoms with Gasteiger partial charge in [-0.1, -0.05) is 0 Å². The number of H-pyrrole nitrogens is 1. The van der Waals surface area contributed by atoms with E-state index in [9.17, 15) is 0 Å². The molecule has 2 aromatic heterocycles. The van der Waals surface area contributed by atoms with Crippen molar-refractivity contribution < 1.29 is 0 Å². The van der Waals surface area contributed by atoms with Crippen molar-refractivity contribution in [2.75, 3.05) is 30.9 Å². The molecule has 2 aliphatic carbocycles.